The first-order valence-electron chi connectivity index (χ1n) is 4.82. The molecule has 1 heterocycles. The predicted octanol–water partition coefficient (Wildman–Crippen LogP) is -2.50. The molecule has 0 aromatic rings. The Morgan fingerprint density at radius 2 is 1.40 bits per heavy atom. The van der Waals surface area contributed by atoms with E-state index in [2.05, 4.69) is 0 Å². The molecule has 16 heteroatoms. The summed E-state index contributed by atoms with van der Waals surface area (Å²) in [5.74, 6) is 0. The molecule has 1 aliphatic rings. The van der Waals surface area contributed by atoms with Gasteiger partial charge in [0.05, 0.1) is 0 Å². The molecule has 112 valence electrons. The van der Waals surface area contributed by atoms with Crippen LogP contribution in [0.5, 0.6) is 0 Å². The Labute approximate surface area is 108 Å². The fourth-order valence-corrected chi connectivity index (χ4v) is 1.33. The van der Waals surface area contributed by atoms with Crippen molar-refractivity contribution in [3.63, 3.8) is 0 Å². The number of hydrogen-bond donors (Lipinski definition) is 1. The maximum Gasteiger partial charge on any atom is 0.309 e. The van der Waals surface area contributed by atoms with E-state index < -0.39 is 46.1 Å². The summed E-state index contributed by atoms with van der Waals surface area (Å²) in [6, 6.07) is 0. The van der Waals surface area contributed by atoms with E-state index in [0.29, 0.717) is 0 Å². The topological polar surface area (TPSA) is 194 Å². The summed E-state index contributed by atoms with van der Waals surface area (Å²) >= 11 is 0. The van der Waals surface area contributed by atoms with Gasteiger partial charge in [-0.25, -0.2) is 30.3 Å². The highest BCUT2D eigenvalue weighted by molar-refractivity contribution is 4.58. The van der Waals surface area contributed by atoms with Gasteiger partial charge in [0.25, 0.3) is 0 Å². The molecule has 0 aliphatic carbocycles. The first-order valence-corrected chi connectivity index (χ1v) is 4.82. The zero-order chi connectivity index (χ0) is 15.4. The zero-order valence-electron chi connectivity index (χ0n) is 9.60. The van der Waals surface area contributed by atoms with Crippen LogP contribution in [0.25, 0.3) is 0 Å². The van der Waals surface area contributed by atoms with Gasteiger partial charge in [0.2, 0.25) is 13.3 Å². The average Bonchev–Trinajstić information content (AvgIpc) is 2.26. The van der Waals surface area contributed by atoms with Crippen molar-refractivity contribution in [3.05, 3.63) is 40.5 Å². The van der Waals surface area contributed by atoms with Gasteiger partial charge in [-0.1, -0.05) is 10.0 Å². The van der Waals surface area contributed by atoms with Gasteiger partial charge >= 0.3 is 6.17 Å². The summed E-state index contributed by atoms with van der Waals surface area (Å²) in [4.78, 5) is 41.6. The van der Waals surface area contributed by atoms with Crippen LogP contribution in [0.2, 0.25) is 0 Å². The Morgan fingerprint density at radius 3 is 1.80 bits per heavy atom. The molecule has 1 atom stereocenters. The van der Waals surface area contributed by atoms with Gasteiger partial charge in [0, 0.05) is 4.92 Å². The van der Waals surface area contributed by atoms with Crippen LogP contribution in [-0.4, -0.2) is 61.2 Å². The monoisotopic (exact) mass is 296 g/mol. The van der Waals surface area contributed by atoms with Crippen LogP contribution >= 0.6 is 0 Å². The number of nitro groups is 4. The maximum atomic E-state index is 10.7. The molecule has 1 saturated heterocycles. The van der Waals surface area contributed by atoms with Gasteiger partial charge in [0.1, 0.15) is 0 Å². The summed E-state index contributed by atoms with van der Waals surface area (Å²) in [7, 11) is 0. The van der Waals surface area contributed by atoms with Crippen molar-refractivity contribution in [2.45, 2.75) is 6.17 Å². The number of rotatable bonds is 4. The Hall–Kier alpha value is -3.04. The molecular formula is C4H8N8O8. The van der Waals surface area contributed by atoms with Crippen molar-refractivity contribution in [1.29, 1.82) is 0 Å². The lowest BCUT2D eigenvalue weighted by Crippen LogP contribution is -2.63. The highest BCUT2D eigenvalue weighted by Crippen LogP contribution is 2.05. The van der Waals surface area contributed by atoms with E-state index in [4.69, 9.17) is 0 Å². The average molecular weight is 296 g/mol. The largest absolute Gasteiger partial charge is 0.309 e. The molecule has 1 aliphatic heterocycles. The summed E-state index contributed by atoms with van der Waals surface area (Å²) in [6.07, 6.45) is -1.86. The first kappa shape index (κ1) is 15.0. The number of hydrazine groups is 4. The predicted molar refractivity (Wildman–Crippen MR) is 55.0 cm³/mol. The molecule has 0 radical (unpaired) electrons. The third kappa shape index (κ3) is 3.48. The molecule has 0 aromatic carbocycles. The van der Waals surface area contributed by atoms with Crippen molar-refractivity contribution in [2.75, 3.05) is 19.9 Å². The third-order valence-electron chi connectivity index (χ3n) is 2.22. The van der Waals surface area contributed by atoms with Gasteiger partial charge in [-0.15, -0.1) is 5.43 Å². The van der Waals surface area contributed by atoms with E-state index in [1.807, 2.05) is 0 Å². The Bertz CT molecular complexity index is 352. The lowest BCUT2D eigenvalue weighted by atomic mass is 10.5. The molecule has 0 spiro atoms. The van der Waals surface area contributed by atoms with Crippen LogP contribution in [0.4, 0.5) is 0 Å². The molecule has 16 nitrogen and oxygen atoms in total. The van der Waals surface area contributed by atoms with Crippen molar-refractivity contribution in [3.8, 4) is 0 Å². The second kappa shape index (κ2) is 5.73. The Balaban J connectivity index is 3.02. The molecule has 1 N–H and O–H groups in total. The second-order valence-corrected chi connectivity index (χ2v) is 3.52. The SMILES string of the molecule is O=[N+]([O-])C1CN([N+](=O)[O-])CN([N+](=O)[O-])CN([N+](=O)[O-])N1. The standard InChI is InChI=1S/C4H8N8O8/c13-9(14)4-1-6(10(15)16)2-7(11(17)18)3-8(5-4)12(19)20/h4-5H,1-3H2. The van der Waals surface area contributed by atoms with Crippen LogP contribution in [-0.2, 0) is 0 Å². The normalized spacial score (nSPS) is 20.0. The highest BCUT2D eigenvalue weighted by Gasteiger charge is 2.41. The van der Waals surface area contributed by atoms with E-state index in [0.717, 1.165) is 0 Å². The van der Waals surface area contributed by atoms with E-state index in [1.54, 1.807) is 5.43 Å². The smallest absolute Gasteiger partial charge is 0.263 e. The van der Waals surface area contributed by atoms with Crippen molar-refractivity contribution >= 4 is 0 Å². The first-order chi connectivity index (χ1) is 9.22. The third-order valence-corrected chi connectivity index (χ3v) is 2.22. The van der Waals surface area contributed by atoms with Crippen LogP contribution in [0.1, 0.15) is 0 Å². The van der Waals surface area contributed by atoms with Crippen LogP contribution in [0, 0.1) is 40.5 Å². The maximum absolute atomic E-state index is 10.7. The lowest BCUT2D eigenvalue weighted by Gasteiger charge is -2.26. The van der Waals surface area contributed by atoms with E-state index >= 15 is 0 Å². The van der Waals surface area contributed by atoms with E-state index in [1.165, 1.54) is 0 Å². The molecule has 1 rings (SSSR count). The van der Waals surface area contributed by atoms with Gasteiger partial charge in [-0.2, -0.15) is 0 Å². The Kier molecular flexibility index (Phi) is 4.31. The van der Waals surface area contributed by atoms with Gasteiger partial charge in [0.15, 0.2) is 21.6 Å². The van der Waals surface area contributed by atoms with E-state index in [-0.39, 0.29) is 15.1 Å². The second-order valence-electron chi connectivity index (χ2n) is 3.52. The quantitative estimate of drug-likeness (QED) is 0.423. The number of nitrogens with zero attached hydrogens (tertiary/aromatic N) is 7. The van der Waals surface area contributed by atoms with Gasteiger partial charge in [-0.05, 0) is 5.12 Å². The number of nitrogens with one attached hydrogen (secondary N) is 1. The summed E-state index contributed by atoms with van der Waals surface area (Å²) in [5, 5.41) is 39.7. The molecule has 0 saturated carbocycles. The summed E-state index contributed by atoms with van der Waals surface area (Å²) < 4.78 is 0. The minimum atomic E-state index is -1.86. The summed E-state index contributed by atoms with van der Waals surface area (Å²) in [6.45, 7) is -2.86. The van der Waals surface area contributed by atoms with E-state index in [9.17, 15) is 40.5 Å². The summed E-state index contributed by atoms with van der Waals surface area (Å²) in [5.41, 5.74) is 1.77. The lowest BCUT2D eigenvalue weighted by molar-refractivity contribution is -0.757. The molecular weight excluding hydrogens is 288 g/mol. The number of hydrogen-bond acceptors (Lipinski definition) is 9. The van der Waals surface area contributed by atoms with Crippen LogP contribution in [0.3, 0.4) is 0 Å². The molecule has 20 heavy (non-hydrogen) atoms. The molecule has 0 amide bonds. The minimum Gasteiger partial charge on any atom is -0.263 e. The molecule has 1 unspecified atom stereocenters. The van der Waals surface area contributed by atoms with Crippen molar-refractivity contribution < 1.29 is 20.0 Å². The zero-order valence-corrected chi connectivity index (χ0v) is 9.60. The fourth-order valence-electron chi connectivity index (χ4n) is 1.33. The molecule has 1 fully saturated rings. The molecule has 0 bridgehead atoms. The van der Waals surface area contributed by atoms with Crippen LogP contribution in [0.15, 0.2) is 0 Å². The highest BCUT2D eigenvalue weighted by atomic mass is 16.7. The Morgan fingerprint density at radius 1 is 0.850 bits per heavy atom. The van der Waals surface area contributed by atoms with Crippen molar-refractivity contribution in [2.24, 2.45) is 0 Å². The van der Waals surface area contributed by atoms with Gasteiger partial charge in [-0.3, -0.25) is 10.1 Å². The molecule has 0 aromatic heterocycles. The van der Waals surface area contributed by atoms with Gasteiger partial charge < -0.3 is 0 Å². The van der Waals surface area contributed by atoms with Crippen LogP contribution < -0.4 is 5.43 Å². The van der Waals surface area contributed by atoms with Crippen molar-refractivity contribution in [1.82, 2.24) is 20.6 Å². The minimum absolute atomic E-state index is 0.0214. The fraction of sp³-hybridized carbons (Fsp3) is 1.00.